The topological polar surface area (TPSA) is 44.8 Å². The van der Waals surface area contributed by atoms with Gasteiger partial charge in [0.15, 0.2) is 11.5 Å². The zero-order chi connectivity index (χ0) is 11.4. The van der Waals surface area contributed by atoms with Crippen molar-refractivity contribution in [3.63, 3.8) is 0 Å². The van der Waals surface area contributed by atoms with Crippen molar-refractivity contribution in [1.82, 2.24) is 0 Å². The number of carbonyl (C=O) groups excluding carboxylic acids is 1. The van der Waals surface area contributed by atoms with Crippen molar-refractivity contribution in [3.8, 4) is 11.5 Å². The van der Waals surface area contributed by atoms with Gasteiger partial charge in [0.2, 0.25) is 0 Å². The average Bonchev–Trinajstić information content (AvgIpc) is 2.82. The predicted molar refractivity (Wildman–Crippen MR) is 58.2 cm³/mol. The highest BCUT2D eigenvalue weighted by atomic mass is 16.6. The molecule has 0 bridgehead atoms. The first-order valence-electron chi connectivity index (χ1n) is 5.21. The van der Waals surface area contributed by atoms with Crippen LogP contribution in [0.4, 0.5) is 0 Å². The van der Waals surface area contributed by atoms with Gasteiger partial charge < -0.3 is 14.2 Å². The van der Waals surface area contributed by atoms with Crippen LogP contribution in [0.1, 0.15) is 16.8 Å². The molecule has 1 aromatic rings. The molecule has 4 nitrogen and oxygen atoms in total. The Bertz CT molecular complexity index is 369. The van der Waals surface area contributed by atoms with Crippen LogP contribution < -0.4 is 9.47 Å². The van der Waals surface area contributed by atoms with Gasteiger partial charge in [-0.15, -0.1) is 0 Å². The van der Waals surface area contributed by atoms with Crippen molar-refractivity contribution < 1.29 is 19.0 Å². The molecule has 1 saturated heterocycles. The first kappa shape index (κ1) is 11.0. The summed E-state index contributed by atoms with van der Waals surface area (Å²) in [4.78, 5) is 10.6. The molecule has 1 heterocycles. The Labute approximate surface area is 94.1 Å². The fourth-order valence-corrected chi connectivity index (χ4v) is 1.64. The average molecular weight is 222 g/mol. The molecule has 0 unspecified atom stereocenters. The van der Waals surface area contributed by atoms with Crippen LogP contribution in [0.5, 0.6) is 11.5 Å². The first-order chi connectivity index (χ1) is 7.83. The van der Waals surface area contributed by atoms with Gasteiger partial charge >= 0.3 is 0 Å². The molecule has 1 aliphatic heterocycles. The third-order valence-electron chi connectivity index (χ3n) is 2.51. The summed E-state index contributed by atoms with van der Waals surface area (Å²) >= 11 is 0. The Hall–Kier alpha value is -1.55. The zero-order valence-corrected chi connectivity index (χ0v) is 9.14. The normalized spacial score (nSPS) is 19.4. The molecule has 16 heavy (non-hydrogen) atoms. The van der Waals surface area contributed by atoms with Gasteiger partial charge in [0.05, 0.1) is 20.3 Å². The highest BCUT2D eigenvalue weighted by molar-refractivity contribution is 5.76. The summed E-state index contributed by atoms with van der Waals surface area (Å²) in [6.07, 6.45) is 1.75. The standard InChI is InChI=1S/C12H14O4/c1-14-12-6-9(7-13)2-3-11(12)16-10-4-5-15-8-10/h2-3,6-7,10H,4-5,8H2,1H3/t10-/m0/s1. The van der Waals surface area contributed by atoms with Gasteiger partial charge in [0.25, 0.3) is 0 Å². The second-order valence-corrected chi connectivity index (χ2v) is 3.63. The summed E-state index contributed by atoms with van der Waals surface area (Å²) in [5.41, 5.74) is 0.576. The first-order valence-corrected chi connectivity index (χ1v) is 5.21. The smallest absolute Gasteiger partial charge is 0.161 e. The van der Waals surface area contributed by atoms with E-state index >= 15 is 0 Å². The van der Waals surface area contributed by atoms with Crippen molar-refractivity contribution in [2.75, 3.05) is 20.3 Å². The summed E-state index contributed by atoms with van der Waals surface area (Å²) in [7, 11) is 1.56. The van der Waals surface area contributed by atoms with E-state index in [1.165, 1.54) is 0 Å². The summed E-state index contributed by atoms with van der Waals surface area (Å²) < 4.78 is 16.1. The molecule has 0 radical (unpaired) electrons. The van der Waals surface area contributed by atoms with Crippen LogP contribution in [0.2, 0.25) is 0 Å². The molecule has 2 rings (SSSR count). The minimum atomic E-state index is 0.0796. The van der Waals surface area contributed by atoms with Gasteiger partial charge in [-0.1, -0.05) is 0 Å². The van der Waals surface area contributed by atoms with Crippen molar-refractivity contribution in [2.24, 2.45) is 0 Å². The largest absolute Gasteiger partial charge is 0.493 e. The molecule has 1 aromatic carbocycles. The van der Waals surface area contributed by atoms with Gasteiger partial charge in [0, 0.05) is 12.0 Å². The molecule has 1 aliphatic rings. The Morgan fingerprint density at radius 1 is 1.44 bits per heavy atom. The van der Waals surface area contributed by atoms with Crippen molar-refractivity contribution in [1.29, 1.82) is 0 Å². The van der Waals surface area contributed by atoms with E-state index in [9.17, 15) is 4.79 Å². The quantitative estimate of drug-likeness (QED) is 0.727. The molecule has 86 valence electrons. The lowest BCUT2D eigenvalue weighted by Crippen LogP contribution is -2.16. The van der Waals surface area contributed by atoms with E-state index in [-0.39, 0.29) is 6.10 Å². The van der Waals surface area contributed by atoms with Crippen molar-refractivity contribution in [3.05, 3.63) is 23.8 Å². The van der Waals surface area contributed by atoms with Gasteiger partial charge in [-0.2, -0.15) is 0 Å². The lowest BCUT2D eigenvalue weighted by Gasteiger charge is -2.14. The number of carbonyl (C=O) groups is 1. The lowest BCUT2D eigenvalue weighted by molar-refractivity contribution is 0.112. The minimum absolute atomic E-state index is 0.0796. The van der Waals surface area contributed by atoms with Crippen LogP contribution in [-0.4, -0.2) is 32.7 Å². The van der Waals surface area contributed by atoms with Gasteiger partial charge in [-0.05, 0) is 18.2 Å². The summed E-state index contributed by atoms with van der Waals surface area (Å²) in [6.45, 7) is 1.35. The van der Waals surface area contributed by atoms with E-state index in [1.807, 2.05) is 0 Å². The van der Waals surface area contributed by atoms with Crippen LogP contribution in [0.3, 0.4) is 0 Å². The molecular weight excluding hydrogens is 208 g/mol. The van der Waals surface area contributed by atoms with E-state index in [0.717, 1.165) is 19.3 Å². The number of hydrogen-bond acceptors (Lipinski definition) is 4. The van der Waals surface area contributed by atoms with Crippen LogP contribution in [0, 0.1) is 0 Å². The van der Waals surface area contributed by atoms with E-state index < -0.39 is 0 Å². The van der Waals surface area contributed by atoms with Gasteiger partial charge in [-0.25, -0.2) is 0 Å². The summed E-state index contributed by atoms with van der Waals surface area (Å²) in [5.74, 6) is 1.24. The maximum atomic E-state index is 10.6. The van der Waals surface area contributed by atoms with E-state index in [0.29, 0.717) is 23.7 Å². The van der Waals surface area contributed by atoms with Gasteiger partial charge in [-0.3, -0.25) is 4.79 Å². The monoisotopic (exact) mass is 222 g/mol. The molecule has 0 spiro atoms. The molecule has 1 atom stereocenters. The van der Waals surface area contributed by atoms with Crippen molar-refractivity contribution in [2.45, 2.75) is 12.5 Å². The summed E-state index contributed by atoms with van der Waals surface area (Å²) in [6, 6.07) is 5.12. The highest BCUT2D eigenvalue weighted by Gasteiger charge is 2.18. The second kappa shape index (κ2) is 4.99. The molecule has 4 heteroatoms. The number of hydrogen-bond donors (Lipinski definition) is 0. The van der Waals surface area contributed by atoms with Gasteiger partial charge in [0.1, 0.15) is 12.4 Å². The number of benzene rings is 1. The van der Waals surface area contributed by atoms with E-state index in [2.05, 4.69) is 0 Å². The fraction of sp³-hybridized carbons (Fsp3) is 0.417. The number of methoxy groups -OCH3 is 1. The van der Waals surface area contributed by atoms with Crippen LogP contribution in [-0.2, 0) is 4.74 Å². The fourth-order valence-electron chi connectivity index (χ4n) is 1.64. The zero-order valence-electron chi connectivity index (χ0n) is 9.14. The highest BCUT2D eigenvalue weighted by Crippen LogP contribution is 2.29. The molecule has 0 aromatic heterocycles. The Morgan fingerprint density at radius 2 is 2.31 bits per heavy atom. The molecule has 0 aliphatic carbocycles. The Morgan fingerprint density at radius 3 is 2.94 bits per heavy atom. The van der Waals surface area contributed by atoms with Crippen LogP contribution in [0.15, 0.2) is 18.2 Å². The third kappa shape index (κ3) is 2.33. The second-order valence-electron chi connectivity index (χ2n) is 3.63. The van der Waals surface area contributed by atoms with Crippen LogP contribution in [0.25, 0.3) is 0 Å². The molecule has 0 amide bonds. The van der Waals surface area contributed by atoms with Crippen LogP contribution >= 0.6 is 0 Å². The molecule has 1 fully saturated rings. The minimum Gasteiger partial charge on any atom is -0.493 e. The lowest BCUT2D eigenvalue weighted by atomic mass is 10.2. The third-order valence-corrected chi connectivity index (χ3v) is 2.51. The summed E-state index contributed by atoms with van der Waals surface area (Å²) in [5, 5.41) is 0. The SMILES string of the molecule is COc1cc(C=O)ccc1O[C@H]1CCOC1. The maximum Gasteiger partial charge on any atom is 0.161 e. The predicted octanol–water partition coefficient (Wildman–Crippen LogP) is 1.68. The van der Waals surface area contributed by atoms with E-state index in [4.69, 9.17) is 14.2 Å². The molecule has 0 saturated carbocycles. The number of aldehydes is 1. The van der Waals surface area contributed by atoms with E-state index in [1.54, 1.807) is 25.3 Å². The van der Waals surface area contributed by atoms with Crippen molar-refractivity contribution >= 4 is 6.29 Å². The number of ether oxygens (including phenoxy) is 3. The Balaban J connectivity index is 2.15. The number of rotatable bonds is 4. The maximum absolute atomic E-state index is 10.6. The molecule has 0 N–H and O–H groups in total. The molecular formula is C12H14O4. The Kier molecular flexibility index (Phi) is 3.41.